The van der Waals surface area contributed by atoms with E-state index in [0.29, 0.717) is 25.3 Å². The van der Waals surface area contributed by atoms with Crippen LogP contribution in [-0.2, 0) is 6.54 Å². The summed E-state index contributed by atoms with van der Waals surface area (Å²) in [6.45, 7) is 1.77. The normalized spacial score (nSPS) is 16.7. The summed E-state index contributed by atoms with van der Waals surface area (Å²) in [6.07, 6.45) is 7.66. The van der Waals surface area contributed by atoms with Crippen LogP contribution in [0.3, 0.4) is 0 Å². The highest BCUT2D eigenvalue weighted by Crippen LogP contribution is 2.30. The molecule has 0 spiro atoms. The van der Waals surface area contributed by atoms with E-state index in [4.69, 9.17) is 5.73 Å². The maximum absolute atomic E-state index is 13.2. The highest BCUT2D eigenvalue weighted by atomic mass is 16.2. The summed E-state index contributed by atoms with van der Waals surface area (Å²) in [5.41, 5.74) is 9.40. The molecule has 0 radical (unpaired) electrons. The van der Waals surface area contributed by atoms with Gasteiger partial charge in [-0.15, -0.1) is 0 Å². The molecule has 6 nitrogen and oxygen atoms in total. The van der Waals surface area contributed by atoms with Crippen molar-refractivity contribution < 1.29 is 4.79 Å². The molecule has 1 aromatic heterocycles. The van der Waals surface area contributed by atoms with Gasteiger partial charge in [-0.2, -0.15) is 0 Å². The summed E-state index contributed by atoms with van der Waals surface area (Å²) in [5, 5.41) is 3.32. The van der Waals surface area contributed by atoms with E-state index in [-0.39, 0.29) is 6.03 Å². The van der Waals surface area contributed by atoms with Crippen molar-refractivity contribution in [2.45, 2.75) is 6.54 Å². The molecule has 0 fully saturated rings. The minimum Gasteiger partial charge on any atom is -0.399 e. The first-order valence-electron chi connectivity index (χ1n) is 8.19. The maximum atomic E-state index is 13.2. The van der Waals surface area contributed by atoms with E-state index in [1.54, 1.807) is 17.3 Å². The number of hydrogen-bond acceptors (Lipinski definition) is 4. The third-order valence-corrected chi connectivity index (χ3v) is 4.28. The molecular weight excluding hydrogens is 314 g/mol. The van der Waals surface area contributed by atoms with Crippen LogP contribution in [-0.4, -0.2) is 29.0 Å². The Morgan fingerprint density at radius 2 is 2.16 bits per heavy atom. The number of anilines is 2. The van der Waals surface area contributed by atoms with Crippen LogP contribution in [0.1, 0.15) is 5.56 Å². The molecule has 0 saturated heterocycles. The smallest absolute Gasteiger partial charge is 0.330 e. The number of nitrogens with one attached hydrogen (secondary N) is 1. The number of aromatic nitrogens is 1. The lowest BCUT2D eigenvalue weighted by Crippen LogP contribution is -2.51. The molecule has 2 amide bonds. The van der Waals surface area contributed by atoms with E-state index in [2.05, 4.69) is 22.5 Å². The Morgan fingerprint density at radius 3 is 2.96 bits per heavy atom. The topological polar surface area (TPSA) is 74.5 Å². The average molecular weight is 333 g/mol. The number of nitrogens with two attached hydrogens (primary N) is 1. The average Bonchev–Trinajstić information content (AvgIpc) is 2.63. The summed E-state index contributed by atoms with van der Waals surface area (Å²) < 4.78 is 0. The van der Waals surface area contributed by atoms with Crippen LogP contribution in [0.15, 0.2) is 72.3 Å². The largest absolute Gasteiger partial charge is 0.399 e. The van der Waals surface area contributed by atoms with Crippen LogP contribution in [0, 0.1) is 0 Å². The summed E-state index contributed by atoms with van der Waals surface area (Å²) in [7, 11) is 0. The van der Waals surface area contributed by atoms with E-state index >= 15 is 0 Å². The Balaban J connectivity index is 1.72. The Kier molecular flexibility index (Phi) is 3.85. The van der Waals surface area contributed by atoms with Gasteiger partial charge in [0.1, 0.15) is 5.82 Å². The highest BCUT2D eigenvalue weighted by molar-refractivity contribution is 5.97. The van der Waals surface area contributed by atoms with Gasteiger partial charge in [0.15, 0.2) is 0 Å². The molecular formula is C19H19N5O. The summed E-state index contributed by atoms with van der Waals surface area (Å²) >= 11 is 0. The van der Waals surface area contributed by atoms with Gasteiger partial charge in [0.25, 0.3) is 0 Å². The number of benzene rings is 1. The Hall–Kier alpha value is -3.28. The number of urea groups is 1. The predicted molar refractivity (Wildman–Crippen MR) is 97.5 cm³/mol. The molecule has 4 rings (SSSR count). The third kappa shape index (κ3) is 2.94. The van der Waals surface area contributed by atoms with E-state index < -0.39 is 0 Å². The third-order valence-electron chi connectivity index (χ3n) is 4.28. The van der Waals surface area contributed by atoms with Crippen molar-refractivity contribution in [1.82, 2.24) is 15.2 Å². The van der Waals surface area contributed by atoms with Gasteiger partial charge in [-0.25, -0.2) is 9.69 Å². The lowest BCUT2D eigenvalue weighted by atomic mass is 10.1. The van der Waals surface area contributed by atoms with Crippen LogP contribution in [0.4, 0.5) is 16.2 Å². The fourth-order valence-corrected chi connectivity index (χ4v) is 3.15. The number of pyridine rings is 1. The Morgan fingerprint density at radius 1 is 1.24 bits per heavy atom. The molecule has 0 bridgehead atoms. The minimum atomic E-state index is -0.0731. The van der Waals surface area contributed by atoms with Gasteiger partial charge in [-0.3, -0.25) is 4.98 Å². The van der Waals surface area contributed by atoms with Crippen LogP contribution < -0.4 is 16.0 Å². The monoisotopic (exact) mass is 333 g/mol. The first kappa shape index (κ1) is 15.3. The second kappa shape index (κ2) is 6.32. The lowest BCUT2D eigenvalue weighted by molar-refractivity contribution is 0.204. The van der Waals surface area contributed by atoms with Crippen LogP contribution >= 0.6 is 0 Å². The fourth-order valence-electron chi connectivity index (χ4n) is 3.15. The molecule has 0 atom stereocenters. The molecule has 2 aromatic rings. The lowest BCUT2D eigenvalue weighted by Gasteiger charge is -2.39. The van der Waals surface area contributed by atoms with Crippen molar-refractivity contribution in [1.29, 1.82) is 0 Å². The van der Waals surface area contributed by atoms with Gasteiger partial charge in [-0.1, -0.05) is 24.3 Å². The molecule has 25 heavy (non-hydrogen) atoms. The number of rotatable bonds is 3. The minimum absolute atomic E-state index is 0.0731. The van der Waals surface area contributed by atoms with Crippen molar-refractivity contribution in [3.63, 3.8) is 0 Å². The van der Waals surface area contributed by atoms with Gasteiger partial charge in [0.05, 0.1) is 12.2 Å². The molecule has 0 aliphatic carbocycles. The van der Waals surface area contributed by atoms with Crippen molar-refractivity contribution in [2.75, 3.05) is 23.7 Å². The van der Waals surface area contributed by atoms with E-state index in [1.165, 1.54) is 0 Å². The van der Waals surface area contributed by atoms with Gasteiger partial charge in [0, 0.05) is 36.7 Å². The molecule has 2 aliphatic heterocycles. The molecule has 0 unspecified atom stereocenters. The van der Waals surface area contributed by atoms with E-state index in [0.717, 1.165) is 22.6 Å². The van der Waals surface area contributed by atoms with Gasteiger partial charge >= 0.3 is 6.03 Å². The zero-order valence-electron chi connectivity index (χ0n) is 13.7. The summed E-state index contributed by atoms with van der Waals surface area (Å²) in [4.78, 5) is 20.8. The Labute approximate surface area is 146 Å². The standard InChI is InChI=1S/C19H19N5O/c20-16-6-1-7-17(10-16)24-18-15(5-3-9-22-18)13-23(19(24)25)12-14-4-2-8-21-11-14/h1-8,10-11,22H,9,12-13,20H2. The molecule has 126 valence electrons. The number of nitrogen functional groups attached to an aromatic ring is 1. The molecule has 6 heteroatoms. The second-order valence-corrected chi connectivity index (χ2v) is 6.09. The number of carbonyl (C=O) groups is 1. The van der Waals surface area contributed by atoms with Crippen molar-refractivity contribution in [2.24, 2.45) is 0 Å². The fraction of sp³-hybridized carbons (Fsp3) is 0.158. The van der Waals surface area contributed by atoms with E-state index in [9.17, 15) is 4.79 Å². The van der Waals surface area contributed by atoms with Gasteiger partial charge in [-0.05, 0) is 29.8 Å². The number of nitrogens with zero attached hydrogens (tertiary/aromatic N) is 3. The number of dihydropyridines is 1. The van der Waals surface area contributed by atoms with Crippen molar-refractivity contribution >= 4 is 17.4 Å². The van der Waals surface area contributed by atoms with Gasteiger partial charge in [0.2, 0.25) is 0 Å². The highest BCUT2D eigenvalue weighted by Gasteiger charge is 2.33. The number of carbonyl (C=O) groups excluding carboxylic acids is 1. The molecule has 3 N–H and O–H groups in total. The van der Waals surface area contributed by atoms with Crippen LogP contribution in [0.5, 0.6) is 0 Å². The summed E-state index contributed by atoms with van der Waals surface area (Å²) in [6, 6.07) is 11.2. The summed E-state index contributed by atoms with van der Waals surface area (Å²) in [5.74, 6) is 0.834. The van der Waals surface area contributed by atoms with Crippen molar-refractivity contribution in [3.8, 4) is 0 Å². The quantitative estimate of drug-likeness (QED) is 0.846. The molecule has 3 heterocycles. The predicted octanol–water partition coefficient (Wildman–Crippen LogP) is 2.48. The first-order valence-corrected chi connectivity index (χ1v) is 8.19. The number of amides is 2. The maximum Gasteiger partial charge on any atom is 0.330 e. The first-order chi connectivity index (χ1) is 12.2. The SMILES string of the molecule is Nc1cccc(N2C(=O)N(Cc3cccnc3)CC3=C2NCC=C3)c1. The van der Waals surface area contributed by atoms with Crippen LogP contribution in [0.2, 0.25) is 0 Å². The molecule has 0 saturated carbocycles. The second-order valence-electron chi connectivity index (χ2n) is 6.09. The van der Waals surface area contributed by atoms with Crippen molar-refractivity contribution in [3.05, 3.63) is 77.9 Å². The molecule has 2 aliphatic rings. The zero-order valence-corrected chi connectivity index (χ0v) is 13.7. The Bertz CT molecular complexity index is 859. The van der Waals surface area contributed by atoms with E-state index in [1.807, 2.05) is 41.3 Å². The number of hydrogen-bond donors (Lipinski definition) is 2. The van der Waals surface area contributed by atoms with Crippen LogP contribution in [0.25, 0.3) is 0 Å². The van der Waals surface area contributed by atoms with Gasteiger partial charge < -0.3 is 16.0 Å². The molecule has 1 aromatic carbocycles. The zero-order chi connectivity index (χ0) is 17.2.